The number of ether oxygens (including phenoxy) is 1. The molecule has 1 fully saturated rings. The van der Waals surface area contributed by atoms with Crippen LogP contribution in [0.5, 0.6) is 0 Å². The number of hydrogen-bond donors (Lipinski definition) is 2. The average Bonchev–Trinajstić information content (AvgIpc) is 2.95. The van der Waals surface area contributed by atoms with Crippen molar-refractivity contribution < 1.29 is 19.1 Å². The number of carbonyl (C=O) groups is 3. The van der Waals surface area contributed by atoms with Gasteiger partial charge in [0.15, 0.2) is 11.5 Å². The Morgan fingerprint density at radius 3 is 2.45 bits per heavy atom. The maximum atomic E-state index is 13.7. The van der Waals surface area contributed by atoms with E-state index in [-0.39, 0.29) is 41.4 Å². The van der Waals surface area contributed by atoms with Crippen molar-refractivity contribution in [2.45, 2.75) is 70.4 Å². The summed E-state index contributed by atoms with van der Waals surface area (Å²) in [7, 11) is 1.49. The number of fused-ring (bicyclic) bond motifs is 3. The van der Waals surface area contributed by atoms with Crippen LogP contribution in [-0.4, -0.2) is 36.8 Å². The molecule has 5 atom stereocenters. The average molecular weight is 425 g/mol. The lowest BCUT2D eigenvalue weighted by Gasteiger charge is -2.38. The summed E-state index contributed by atoms with van der Waals surface area (Å²) in [6, 6.07) is 8.04. The number of carbonyl (C=O) groups excluding carboxylic acids is 3. The largest absolute Gasteiger partial charge is 0.493 e. The molecule has 4 rings (SSSR count). The molecule has 0 radical (unpaired) electrons. The van der Waals surface area contributed by atoms with Crippen LogP contribution in [0.15, 0.2) is 36.1 Å². The van der Waals surface area contributed by atoms with E-state index in [0.717, 1.165) is 37.7 Å². The Morgan fingerprint density at radius 2 is 1.77 bits per heavy atom. The highest BCUT2D eigenvalue weighted by Gasteiger charge is 2.52. The molecule has 0 saturated heterocycles. The molecule has 6 heteroatoms. The van der Waals surface area contributed by atoms with Crippen LogP contribution in [0.3, 0.4) is 0 Å². The molecule has 0 heterocycles. The summed E-state index contributed by atoms with van der Waals surface area (Å²) in [5.41, 5.74) is 1.96. The smallest absolute Gasteiger partial charge is 0.227 e. The Kier molecular flexibility index (Phi) is 5.91. The first-order valence-electron chi connectivity index (χ1n) is 11.3. The van der Waals surface area contributed by atoms with Gasteiger partial charge in [-0.2, -0.15) is 0 Å². The maximum Gasteiger partial charge on any atom is 0.227 e. The van der Waals surface area contributed by atoms with Crippen LogP contribution in [0.25, 0.3) is 0 Å². The van der Waals surface area contributed by atoms with Crippen LogP contribution in [-0.2, 0) is 25.5 Å². The standard InChI is InChI=1S/C25H32N2O4/c1-15(28)26-20-10-6-7-11-21(20)27-24(30)19-13-23(31-3)22(29)12-18-17-9-5-4-8-16(17)14-25(18,19)2/h4-5,8-9,13,18-21H,6-7,10-12,14H2,1-3H3,(H,26,28)(H,27,30)/t18-,19-,20-,21-,25?/m0/s1. The lowest BCUT2D eigenvalue weighted by molar-refractivity contribution is -0.129. The SMILES string of the molecule is COC1=C[C@@H](C(=O)N[C@H]2CCCC[C@@H]2NC(C)=O)C2(C)Cc3ccccc3[C@@H]2CC1=O. The number of nitrogens with one attached hydrogen (secondary N) is 2. The lowest BCUT2D eigenvalue weighted by Crippen LogP contribution is -2.55. The minimum absolute atomic E-state index is 0.0339. The van der Waals surface area contributed by atoms with Gasteiger partial charge in [0.05, 0.1) is 13.0 Å². The van der Waals surface area contributed by atoms with E-state index in [0.29, 0.717) is 6.42 Å². The number of methoxy groups -OCH3 is 1. The fourth-order valence-electron chi connectivity index (χ4n) is 5.88. The van der Waals surface area contributed by atoms with E-state index in [1.54, 1.807) is 6.08 Å². The van der Waals surface area contributed by atoms with Gasteiger partial charge in [-0.25, -0.2) is 0 Å². The van der Waals surface area contributed by atoms with Crippen molar-refractivity contribution in [3.8, 4) is 0 Å². The molecule has 2 N–H and O–H groups in total. The number of ketones is 1. The molecule has 1 unspecified atom stereocenters. The van der Waals surface area contributed by atoms with Crippen molar-refractivity contribution in [3.05, 3.63) is 47.2 Å². The topological polar surface area (TPSA) is 84.5 Å². The van der Waals surface area contributed by atoms with Crippen LogP contribution < -0.4 is 10.6 Å². The van der Waals surface area contributed by atoms with Crippen molar-refractivity contribution in [2.24, 2.45) is 11.3 Å². The summed E-state index contributed by atoms with van der Waals surface area (Å²) in [6.45, 7) is 3.63. The molecule has 0 bridgehead atoms. The van der Waals surface area contributed by atoms with Crippen molar-refractivity contribution in [1.82, 2.24) is 10.6 Å². The number of allylic oxidation sites excluding steroid dienone is 1. The van der Waals surface area contributed by atoms with Crippen molar-refractivity contribution in [1.29, 1.82) is 0 Å². The number of benzene rings is 1. The molecule has 166 valence electrons. The van der Waals surface area contributed by atoms with Crippen LogP contribution in [0, 0.1) is 11.3 Å². The van der Waals surface area contributed by atoms with E-state index in [9.17, 15) is 14.4 Å². The van der Waals surface area contributed by atoms with Gasteiger partial charge in [0, 0.05) is 25.4 Å². The molecule has 0 spiro atoms. The molecule has 0 aliphatic heterocycles. The van der Waals surface area contributed by atoms with Gasteiger partial charge >= 0.3 is 0 Å². The molecule has 3 aliphatic rings. The fourth-order valence-corrected chi connectivity index (χ4v) is 5.88. The Morgan fingerprint density at radius 1 is 1.10 bits per heavy atom. The second-order valence-electron chi connectivity index (χ2n) is 9.48. The highest BCUT2D eigenvalue weighted by Crippen LogP contribution is 2.55. The predicted molar refractivity (Wildman–Crippen MR) is 117 cm³/mol. The molecule has 6 nitrogen and oxygen atoms in total. The van der Waals surface area contributed by atoms with Crippen molar-refractivity contribution in [2.75, 3.05) is 7.11 Å². The first kappa shape index (κ1) is 21.6. The Hall–Kier alpha value is -2.63. The molecule has 1 aromatic carbocycles. The van der Waals surface area contributed by atoms with Gasteiger partial charge in [0.1, 0.15) is 0 Å². The van der Waals surface area contributed by atoms with E-state index in [1.807, 2.05) is 12.1 Å². The third-order valence-electron chi connectivity index (χ3n) is 7.48. The van der Waals surface area contributed by atoms with Gasteiger partial charge in [-0.3, -0.25) is 14.4 Å². The fraction of sp³-hybridized carbons (Fsp3) is 0.560. The van der Waals surface area contributed by atoms with E-state index in [4.69, 9.17) is 4.74 Å². The van der Waals surface area contributed by atoms with Crippen LogP contribution in [0.1, 0.15) is 63.0 Å². The van der Waals surface area contributed by atoms with Crippen molar-refractivity contribution >= 4 is 17.6 Å². The van der Waals surface area contributed by atoms with Crippen molar-refractivity contribution in [3.63, 3.8) is 0 Å². The molecule has 3 aliphatic carbocycles. The molecule has 31 heavy (non-hydrogen) atoms. The number of Topliss-reactive ketones (excluding diaryl/α,β-unsaturated/α-hetero) is 1. The van der Waals surface area contributed by atoms with Gasteiger partial charge in [0.2, 0.25) is 11.8 Å². The molecule has 2 amide bonds. The summed E-state index contributed by atoms with van der Waals surface area (Å²) in [4.78, 5) is 38.2. The van der Waals surface area contributed by atoms with Crippen LogP contribution >= 0.6 is 0 Å². The Labute approximate surface area is 183 Å². The third-order valence-corrected chi connectivity index (χ3v) is 7.48. The van der Waals surface area contributed by atoms with Crippen LogP contribution in [0.2, 0.25) is 0 Å². The summed E-state index contributed by atoms with van der Waals surface area (Å²) in [5.74, 6) is -0.479. The first-order valence-corrected chi connectivity index (χ1v) is 11.3. The number of amides is 2. The minimum Gasteiger partial charge on any atom is -0.493 e. The van der Waals surface area contributed by atoms with Gasteiger partial charge in [0.25, 0.3) is 0 Å². The summed E-state index contributed by atoms with van der Waals surface area (Å²) in [6.07, 6.45) is 6.58. The quantitative estimate of drug-likeness (QED) is 0.778. The Bertz CT molecular complexity index is 924. The zero-order valence-corrected chi connectivity index (χ0v) is 18.6. The van der Waals surface area contributed by atoms with Crippen LogP contribution in [0.4, 0.5) is 0 Å². The first-order chi connectivity index (χ1) is 14.8. The molecular weight excluding hydrogens is 392 g/mol. The molecule has 1 aromatic rings. The van der Waals surface area contributed by atoms with E-state index in [2.05, 4.69) is 29.7 Å². The zero-order chi connectivity index (χ0) is 22.2. The maximum absolute atomic E-state index is 13.7. The van der Waals surface area contributed by atoms with Gasteiger partial charge in [-0.05, 0) is 47.8 Å². The summed E-state index contributed by atoms with van der Waals surface area (Å²) >= 11 is 0. The van der Waals surface area contributed by atoms with Gasteiger partial charge in [-0.1, -0.05) is 44.0 Å². The van der Waals surface area contributed by atoms with E-state index < -0.39 is 11.3 Å². The summed E-state index contributed by atoms with van der Waals surface area (Å²) in [5, 5.41) is 6.23. The second-order valence-corrected chi connectivity index (χ2v) is 9.48. The van der Waals surface area contributed by atoms with Gasteiger partial charge in [-0.15, -0.1) is 0 Å². The zero-order valence-electron chi connectivity index (χ0n) is 18.6. The molecular formula is C25H32N2O4. The second kappa shape index (κ2) is 8.48. The van der Waals surface area contributed by atoms with E-state index in [1.165, 1.54) is 19.6 Å². The normalized spacial score (nSPS) is 32.2. The summed E-state index contributed by atoms with van der Waals surface area (Å²) < 4.78 is 5.40. The third kappa shape index (κ3) is 4.00. The predicted octanol–water partition coefficient (Wildman–Crippen LogP) is 3.02. The number of hydrogen-bond acceptors (Lipinski definition) is 4. The number of rotatable bonds is 4. The lowest BCUT2D eigenvalue weighted by atomic mass is 9.67. The van der Waals surface area contributed by atoms with E-state index >= 15 is 0 Å². The molecule has 0 aromatic heterocycles. The Balaban J connectivity index is 1.65. The highest BCUT2D eigenvalue weighted by atomic mass is 16.5. The molecule has 1 saturated carbocycles. The highest BCUT2D eigenvalue weighted by molar-refractivity contribution is 5.96. The monoisotopic (exact) mass is 424 g/mol. The van der Waals surface area contributed by atoms with Gasteiger partial charge < -0.3 is 15.4 Å². The minimum atomic E-state index is -0.494.